The molecule has 18 heavy (non-hydrogen) atoms. The molecular weight excluding hydrogens is 234 g/mol. The highest BCUT2D eigenvalue weighted by Crippen LogP contribution is 2.27. The van der Waals surface area contributed by atoms with Crippen molar-refractivity contribution in [2.24, 2.45) is 0 Å². The molecule has 0 aromatic carbocycles. The van der Waals surface area contributed by atoms with Crippen LogP contribution in [0, 0.1) is 11.3 Å². The van der Waals surface area contributed by atoms with Gasteiger partial charge in [0.25, 0.3) is 0 Å². The Morgan fingerprint density at radius 1 is 1.44 bits per heavy atom. The minimum absolute atomic E-state index is 0.139. The van der Waals surface area contributed by atoms with E-state index in [1.807, 2.05) is 6.92 Å². The summed E-state index contributed by atoms with van der Waals surface area (Å²) in [5.74, 6) is 0.494. The third-order valence-corrected chi connectivity index (χ3v) is 2.42. The van der Waals surface area contributed by atoms with Gasteiger partial charge in [0.15, 0.2) is 0 Å². The van der Waals surface area contributed by atoms with Crippen LogP contribution < -0.4 is 10.5 Å². The van der Waals surface area contributed by atoms with E-state index in [1.165, 1.54) is 0 Å². The predicted octanol–water partition coefficient (Wildman–Crippen LogP) is 1.00. The maximum absolute atomic E-state index is 9.05. The lowest BCUT2D eigenvalue weighted by atomic mass is 10.4. The fraction of sp³-hybridized carbons (Fsp3) is 0.583. The van der Waals surface area contributed by atoms with Gasteiger partial charge in [-0.1, -0.05) is 0 Å². The Labute approximate surface area is 107 Å². The lowest BCUT2D eigenvalue weighted by molar-refractivity contribution is 0.0849. The fourth-order valence-electron chi connectivity index (χ4n) is 1.64. The molecule has 0 fully saturated rings. The van der Waals surface area contributed by atoms with Crippen molar-refractivity contribution >= 4 is 5.69 Å². The number of hydrogen-bond donors (Lipinski definition) is 1. The molecule has 0 spiro atoms. The molecule has 0 bridgehead atoms. The SMILES string of the molecule is COCCn1c(C#N)cc(N)c1O[C@@H](C)COC. The minimum atomic E-state index is -0.139. The van der Waals surface area contributed by atoms with Crippen LogP contribution in [-0.2, 0) is 16.0 Å². The Morgan fingerprint density at radius 2 is 2.17 bits per heavy atom. The summed E-state index contributed by atoms with van der Waals surface area (Å²) in [7, 11) is 3.21. The minimum Gasteiger partial charge on any atom is -0.472 e. The summed E-state index contributed by atoms with van der Waals surface area (Å²) in [5.41, 5.74) is 6.77. The molecule has 100 valence electrons. The summed E-state index contributed by atoms with van der Waals surface area (Å²) in [4.78, 5) is 0. The molecule has 6 nitrogen and oxygen atoms in total. The summed E-state index contributed by atoms with van der Waals surface area (Å²) < 4.78 is 17.4. The molecular formula is C12H19N3O3. The number of ether oxygens (including phenoxy) is 3. The monoisotopic (exact) mass is 253 g/mol. The van der Waals surface area contributed by atoms with Crippen molar-refractivity contribution in [3.8, 4) is 11.9 Å². The van der Waals surface area contributed by atoms with E-state index in [-0.39, 0.29) is 6.10 Å². The van der Waals surface area contributed by atoms with Crippen LogP contribution in [-0.4, -0.2) is 38.1 Å². The van der Waals surface area contributed by atoms with Gasteiger partial charge >= 0.3 is 0 Å². The highest BCUT2D eigenvalue weighted by molar-refractivity contribution is 5.55. The highest BCUT2D eigenvalue weighted by atomic mass is 16.5. The molecule has 1 atom stereocenters. The zero-order valence-electron chi connectivity index (χ0n) is 11.0. The van der Waals surface area contributed by atoms with Crippen LogP contribution in [0.3, 0.4) is 0 Å². The standard InChI is InChI=1S/C12H19N3O3/c1-9(8-17-3)18-12-11(14)6-10(7-13)15(12)4-5-16-2/h6,9H,4-5,8,14H2,1-3H3/t9-/m0/s1. The molecule has 0 aliphatic heterocycles. The average molecular weight is 253 g/mol. The molecule has 0 saturated heterocycles. The number of aromatic nitrogens is 1. The van der Waals surface area contributed by atoms with Crippen LogP contribution in [0.1, 0.15) is 12.6 Å². The zero-order chi connectivity index (χ0) is 13.5. The smallest absolute Gasteiger partial charge is 0.218 e. The van der Waals surface area contributed by atoms with Gasteiger partial charge in [0.1, 0.15) is 17.9 Å². The van der Waals surface area contributed by atoms with Crippen LogP contribution in [0.2, 0.25) is 0 Å². The van der Waals surface area contributed by atoms with Gasteiger partial charge in [-0.2, -0.15) is 5.26 Å². The first kappa shape index (κ1) is 14.4. The summed E-state index contributed by atoms with van der Waals surface area (Å²) in [5, 5.41) is 9.05. The van der Waals surface area contributed by atoms with Crippen molar-refractivity contribution in [1.29, 1.82) is 5.26 Å². The van der Waals surface area contributed by atoms with Gasteiger partial charge in [-0.3, -0.25) is 4.57 Å². The van der Waals surface area contributed by atoms with Crippen molar-refractivity contribution in [3.05, 3.63) is 11.8 Å². The number of methoxy groups -OCH3 is 2. The molecule has 1 rings (SSSR count). The van der Waals surface area contributed by atoms with Crippen LogP contribution in [0.25, 0.3) is 0 Å². The van der Waals surface area contributed by atoms with Gasteiger partial charge in [-0.05, 0) is 6.92 Å². The van der Waals surface area contributed by atoms with Gasteiger partial charge in [-0.15, -0.1) is 0 Å². The molecule has 2 N–H and O–H groups in total. The van der Waals surface area contributed by atoms with E-state index in [2.05, 4.69) is 6.07 Å². The van der Waals surface area contributed by atoms with E-state index in [0.717, 1.165) is 0 Å². The second kappa shape index (κ2) is 6.89. The number of anilines is 1. The number of nitrogens with two attached hydrogens (primary N) is 1. The topological polar surface area (TPSA) is 82.4 Å². The number of nitrogens with zero attached hydrogens (tertiary/aromatic N) is 2. The number of nitrogen functional groups attached to an aromatic ring is 1. The predicted molar refractivity (Wildman–Crippen MR) is 67.4 cm³/mol. The van der Waals surface area contributed by atoms with Gasteiger partial charge in [0, 0.05) is 20.3 Å². The molecule has 6 heteroatoms. The van der Waals surface area contributed by atoms with Crippen LogP contribution in [0.15, 0.2) is 6.07 Å². The average Bonchev–Trinajstić information content (AvgIpc) is 2.64. The Morgan fingerprint density at radius 3 is 2.72 bits per heavy atom. The lowest BCUT2D eigenvalue weighted by Gasteiger charge is -2.17. The van der Waals surface area contributed by atoms with Crippen molar-refractivity contribution in [1.82, 2.24) is 4.57 Å². The molecule has 0 unspecified atom stereocenters. The normalized spacial score (nSPS) is 12.1. The van der Waals surface area contributed by atoms with Gasteiger partial charge in [-0.25, -0.2) is 0 Å². The van der Waals surface area contributed by atoms with Crippen molar-refractivity contribution in [2.45, 2.75) is 19.6 Å². The Balaban J connectivity index is 2.93. The second-order valence-corrected chi connectivity index (χ2v) is 3.93. The van der Waals surface area contributed by atoms with E-state index in [9.17, 15) is 0 Å². The summed E-state index contributed by atoms with van der Waals surface area (Å²) in [6.07, 6.45) is -0.139. The molecule has 0 aliphatic rings. The highest BCUT2D eigenvalue weighted by Gasteiger charge is 2.16. The maximum atomic E-state index is 9.05. The summed E-state index contributed by atoms with van der Waals surface area (Å²) in [6.45, 7) is 3.34. The molecule has 1 aromatic heterocycles. The first-order valence-corrected chi connectivity index (χ1v) is 5.67. The van der Waals surface area contributed by atoms with Crippen LogP contribution in [0.4, 0.5) is 5.69 Å². The number of rotatable bonds is 7. The molecule has 0 amide bonds. The van der Waals surface area contributed by atoms with E-state index in [4.69, 9.17) is 25.2 Å². The lowest BCUT2D eigenvalue weighted by Crippen LogP contribution is -2.21. The largest absolute Gasteiger partial charge is 0.472 e. The number of hydrogen-bond acceptors (Lipinski definition) is 5. The molecule has 0 aliphatic carbocycles. The Kier molecular flexibility index (Phi) is 5.49. The van der Waals surface area contributed by atoms with Gasteiger partial charge in [0.05, 0.1) is 25.4 Å². The van der Waals surface area contributed by atoms with E-state index >= 15 is 0 Å². The summed E-state index contributed by atoms with van der Waals surface area (Å²) >= 11 is 0. The van der Waals surface area contributed by atoms with Crippen molar-refractivity contribution < 1.29 is 14.2 Å². The van der Waals surface area contributed by atoms with Gasteiger partial charge in [0.2, 0.25) is 5.88 Å². The first-order chi connectivity index (χ1) is 8.63. The summed E-state index contributed by atoms with van der Waals surface area (Å²) in [6, 6.07) is 3.69. The fourth-order valence-corrected chi connectivity index (χ4v) is 1.64. The first-order valence-electron chi connectivity index (χ1n) is 5.67. The molecule has 0 radical (unpaired) electrons. The maximum Gasteiger partial charge on any atom is 0.218 e. The molecule has 1 heterocycles. The molecule has 0 saturated carbocycles. The van der Waals surface area contributed by atoms with Crippen LogP contribution >= 0.6 is 0 Å². The van der Waals surface area contributed by atoms with E-state index in [1.54, 1.807) is 24.9 Å². The molecule has 1 aromatic rings. The van der Waals surface area contributed by atoms with Crippen molar-refractivity contribution in [3.63, 3.8) is 0 Å². The Bertz CT molecular complexity index is 423. The van der Waals surface area contributed by atoms with Crippen molar-refractivity contribution in [2.75, 3.05) is 33.2 Å². The Hall–Kier alpha value is -1.71. The van der Waals surface area contributed by atoms with E-state index in [0.29, 0.717) is 37.0 Å². The number of nitriles is 1. The quantitative estimate of drug-likeness (QED) is 0.784. The second-order valence-electron chi connectivity index (χ2n) is 3.93. The van der Waals surface area contributed by atoms with E-state index < -0.39 is 0 Å². The van der Waals surface area contributed by atoms with Gasteiger partial charge < -0.3 is 19.9 Å². The third-order valence-electron chi connectivity index (χ3n) is 2.42. The van der Waals surface area contributed by atoms with Crippen LogP contribution in [0.5, 0.6) is 5.88 Å². The third kappa shape index (κ3) is 3.39. The zero-order valence-corrected chi connectivity index (χ0v) is 11.0.